The third-order valence-corrected chi connectivity index (χ3v) is 7.91. The molecule has 1 amide bonds. The smallest absolute Gasteiger partial charge is 0.255 e. The SMILES string of the molecule is CC1CCN(S(=O)(=O)c2ccc(NC(=O)c3ccc(CS(C)(=O)=O)cc3)cc2)CC1. The minimum absolute atomic E-state index is 0.0826. The summed E-state index contributed by atoms with van der Waals surface area (Å²) in [5.41, 5.74) is 1.47. The highest BCUT2D eigenvalue weighted by Gasteiger charge is 2.27. The number of sulfone groups is 1. The predicted octanol–water partition coefficient (Wildman–Crippen LogP) is 2.90. The van der Waals surface area contributed by atoms with Crippen molar-refractivity contribution >= 4 is 31.5 Å². The van der Waals surface area contributed by atoms with Crippen LogP contribution >= 0.6 is 0 Å². The number of sulfonamides is 1. The van der Waals surface area contributed by atoms with Crippen molar-refractivity contribution < 1.29 is 21.6 Å². The minimum atomic E-state index is -3.53. The molecule has 0 aromatic heterocycles. The van der Waals surface area contributed by atoms with E-state index in [-0.39, 0.29) is 16.6 Å². The highest BCUT2D eigenvalue weighted by molar-refractivity contribution is 7.90. The van der Waals surface area contributed by atoms with Crippen LogP contribution in [-0.2, 0) is 25.6 Å². The van der Waals surface area contributed by atoms with Crippen LogP contribution in [0.4, 0.5) is 5.69 Å². The molecule has 1 aliphatic rings. The zero-order valence-electron chi connectivity index (χ0n) is 17.0. The Hall–Kier alpha value is -2.23. The van der Waals surface area contributed by atoms with Crippen molar-refractivity contribution in [2.45, 2.75) is 30.4 Å². The van der Waals surface area contributed by atoms with E-state index >= 15 is 0 Å². The molecule has 2 aromatic carbocycles. The fourth-order valence-electron chi connectivity index (χ4n) is 3.34. The Morgan fingerprint density at radius 2 is 1.53 bits per heavy atom. The van der Waals surface area contributed by atoms with Gasteiger partial charge in [-0.2, -0.15) is 4.31 Å². The molecule has 0 saturated carbocycles. The quantitative estimate of drug-likeness (QED) is 0.729. The topological polar surface area (TPSA) is 101 Å². The van der Waals surface area contributed by atoms with E-state index in [2.05, 4.69) is 12.2 Å². The average molecular weight is 451 g/mol. The molecule has 9 heteroatoms. The first kappa shape index (κ1) is 22.5. The molecule has 0 radical (unpaired) electrons. The Morgan fingerprint density at radius 3 is 2.07 bits per heavy atom. The standard InChI is InChI=1S/C21H26N2O5S2/c1-16-11-13-23(14-12-16)30(27,28)20-9-7-19(8-10-20)22-21(24)18-5-3-17(4-6-18)15-29(2,25)26/h3-10,16H,11-15H2,1-2H3,(H,22,24). The minimum Gasteiger partial charge on any atom is -0.322 e. The molecule has 1 aliphatic heterocycles. The third kappa shape index (κ3) is 5.68. The fourth-order valence-corrected chi connectivity index (χ4v) is 5.61. The van der Waals surface area contributed by atoms with Crippen LogP contribution < -0.4 is 5.32 Å². The van der Waals surface area contributed by atoms with Crippen LogP contribution in [0.25, 0.3) is 0 Å². The highest BCUT2D eigenvalue weighted by Crippen LogP contribution is 2.24. The first-order valence-corrected chi connectivity index (χ1v) is 13.2. The summed E-state index contributed by atoms with van der Waals surface area (Å²) < 4.78 is 49.8. The number of carbonyl (C=O) groups is 1. The van der Waals surface area contributed by atoms with Gasteiger partial charge in [0.25, 0.3) is 5.91 Å². The first-order chi connectivity index (χ1) is 14.0. The van der Waals surface area contributed by atoms with Gasteiger partial charge in [-0.3, -0.25) is 4.79 Å². The summed E-state index contributed by atoms with van der Waals surface area (Å²) in [5.74, 6) is 0.0943. The van der Waals surface area contributed by atoms with Crippen molar-refractivity contribution in [1.82, 2.24) is 4.31 Å². The van der Waals surface area contributed by atoms with Gasteiger partial charge >= 0.3 is 0 Å². The number of benzene rings is 2. The van der Waals surface area contributed by atoms with E-state index in [1.165, 1.54) is 16.4 Å². The zero-order chi connectivity index (χ0) is 21.9. The van der Waals surface area contributed by atoms with Crippen LogP contribution in [0.1, 0.15) is 35.7 Å². The Balaban J connectivity index is 1.66. The Kier molecular flexibility index (Phi) is 6.64. The van der Waals surface area contributed by atoms with Gasteiger partial charge in [-0.05, 0) is 60.7 Å². The highest BCUT2D eigenvalue weighted by atomic mass is 32.2. The molecule has 7 nitrogen and oxygen atoms in total. The van der Waals surface area contributed by atoms with E-state index < -0.39 is 19.9 Å². The van der Waals surface area contributed by atoms with Gasteiger partial charge in [0.2, 0.25) is 10.0 Å². The fraction of sp³-hybridized carbons (Fsp3) is 0.381. The molecule has 0 aliphatic carbocycles. The number of carbonyl (C=O) groups excluding carboxylic acids is 1. The van der Waals surface area contributed by atoms with Crippen molar-refractivity contribution in [2.24, 2.45) is 5.92 Å². The van der Waals surface area contributed by atoms with Crippen molar-refractivity contribution in [2.75, 3.05) is 24.7 Å². The maximum atomic E-state index is 12.8. The molecule has 1 saturated heterocycles. The van der Waals surface area contributed by atoms with Crippen LogP contribution in [-0.4, -0.2) is 46.4 Å². The summed E-state index contributed by atoms with van der Waals surface area (Å²) in [7, 11) is -6.67. The maximum absolute atomic E-state index is 12.8. The van der Waals surface area contributed by atoms with Gasteiger partial charge in [0, 0.05) is 30.6 Å². The van der Waals surface area contributed by atoms with Crippen LogP contribution in [0, 0.1) is 5.92 Å². The molecule has 1 heterocycles. The van der Waals surface area contributed by atoms with E-state index in [0.717, 1.165) is 19.1 Å². The van der Waals surface area contributed by atoms with Crippen molar-refractivity contribution in [3.05, 3.63) is 59.7 Å². The van der Waals surface area contributed by atoms with Crippen LogP contribution in [0.3, 0.4) is 0 Å². The van der Waals surface area contributed by atoms with Crippen molar-refractivity contribution in [3.8, 4) is 0 Å². The summed E-state index contributed by atoms with van der Waals surface area (Å²) in [6, 6.07) is 12.5. The summed E-state index contributed by atoms with van der Waals surface area (Å²) in [6.07, 6.45) is 2.87. The molecule has 0 bridgehead atoms. The summed E-state index contributed by atoms with van der Waals surface area (Å²) in [5, 5.41) is 2.72. The summed E-state index contributed by atoms with van der Waals surface area (Å²) in [4.78, 5) is 12.6. The summed E-state index contributed by atoms with van der Waals surface area (Å²) in [6.45, 7) is 3.18. The molecule has 162 valence electrons. The molecule has 0 atom stereocenters. The molecule has 30 heavy (non-hydrogen) atoms. The van der Waals surface area contributed by atoms with Gasteiger partial charge in [-0.15, -0.1) is 0 Å². The second-order valence-electron chi connectivity index (χ2n) is 7.83. The lowest BCUT2D eigenvalue weighted by Crippen LogP contribution is -2.37. The van der Waals surface area contributed by atoms with Crippen molar-refractivity contribution in [3.63, 3.8) is 0 Å². The largest absolute Gasteiger partial charge is 0.322 e. The monoisotopic (exact) mass is 450 g/mol. The number of anilines is 1. The normalized spacial score (nSPS) is 16.3. The Bertz CT molecular complexity index is 1100. The van der Waals surface area contributed by atoms with Gasteiger partial charge in [0.1, 0.15) is 0 Å². The van der Waals surface area contributed by atoms with Crippen LogP contribution in [0.15, 0.2) is 53.4 Å². The van der Waals surface area contributed by atoms with E-state index in [1.807, 2.05) is 0 Å². The molecule has 1 N–H and O–H groups in total. The predicted molar refractivity (Wildman–Crippen MR) is 117 cm³/mol. The molecule has 0 spiro atoms. The van der Waals surface area contributed by atoms with Crippen LogP contribution in [0.2, 0.25) is 0 Å². The maximum Gasteiger partial charge on any atom is 0.255 e. The van der Waals surface area contributed by atoms with E-state index in [1.54, 1.807) is 36.4 Å². The van der Waals surface area contributed by atoms with Gasteiger partial charge in [0.05, 0.1) is 10.6 Å². The Labute approximate surface area is 178 Å². The summed E-state index contributed by atoms with van der Waals surface area (Å²) >= 11 is 0. The van der Waals surface area contributed by atoms with Crippen LogP contribution in [0.5, 0.6) is 0 Å². The van der Waals surface area contributed by atoms with Gasteiger partial charge in [-0.1, -0.05) is 19.1 Å². The van der Waals surface area contributed by atoms with E-state index in [9.17, 15) is 21.6 Å². The van der Waals surface area contributed by atoms with Crippen molar-refractivity contribution in [1.29, 1.82) is 0 Å². The number of hydrogen-bond acceptors (Lipinski definition) is 5. The molecular formula is C21H26N2O5S2. The van der Waals surface area contributed by atoms with Gasteiger partial charge < -0.3 is 5.32 Å². The second kappa shape index (κ2) is 8.87. The lowest BCUT2D eigenvalue weighted by molar-refractivity contribution is 0.102. The molecular weight excluding hydrogens is 424 g/mol. The number of nitrogens with zero attached hydrogens (tertiary/aromatic N) is 1. The first-order valence-electron chi connectivity index (χ1n) is 9.73. The van der Waals surface area contributed by atoms with E-state index in [4.69, 9.17) is 0 Å². The average Bonchev–Trinajstić information content (AvgIpc) is 2.68. The van der Waals surface area contributed by atoms with E-state index in [0.29, 0.717) is 35.8 Å². The molecule has 2 aromatic rings. The number of rotatable bonds is 6. The number of hydrogen-bond donors (Lipinski definition) is 1. The lowest BCUT2D eigenvalue weighted by Gasteiger charge is -2.29. The molecule has 3 rings (SSSR count). The Morgan fingerprint density at radius 1 is 0.967 bits per heavy atom. The third-order valence-electron chi connectivity index (χ3n) is 5.14. The molecule has 0 unspecified atom stereocenters. The zero-order valence-corrected chi connectivity index (χ0v) is 18.7. The number of piperidine rings is 1. The van der Waals surface area contributed by atoms with Gasteiger partial charge in [-0.25, -0.2) is 16.8 Å². The van der Waals surface area contributed by atoms with Gasteiger partial charge in [0.15, 0.2) is 9.84 Å². The number of amides is 1. The number of nitrogens with one attached hydrogen (secondary N) is 1. The second-order valence-corrected chi connectivity index (χ2v) is 11.9. The molecule has 1 fully saturated rings. The lowest BCUT2D eigenvalue weighted by atomic mass is 10.0.